The zero-order valence-electron chi connectivity index (χ0n) is 14.1. The van der Waals surface area contributed by atoms with Crippen LogP contribution in [0.3, 0.4) is 0 Å². The summed E-state index contributed by atoms with van der Waals surface area (Å²) in [6.45, 7) is 1.79. The number of nitrogens with zero attached hydrogens (tertiary/aromatic N) is 3. The van der Waals surface area contributed by atoms with Crippen LogP contribution in [0.15, 0.2) is 47.9 Å². The number of amides is 1. The molecule has 1 fully saturated rings. The van der Waals surface area contributed by atoms with Gasteiger partial charge in [0.1, 0.15) is 0 Å². The van der Waals surface area contributed by atoms with Crippen molar-refractivity contribution in [3.8, 4) is 0 Å². The Kier molecular flexibility index (Phi) is 5.19. The normalized spacial score (nSPS) is 18.8. The third kappa shape index (κ3) is 3.91. The predicted molar refractivity (Wildman–Crippen MR) is 93.5 cm³/mol. The van der Waals surface area contributed by atoms with Gasteiger partial charge in [0.05, 0.1) is 11.2 Å². The summed E-state index contributed by atoms with van der Waals surface area (Å²) in [5.41, 5.74) is 0.443. The van der Waals surface area contributed by atoms with Gasteiger partial charge in [-0.1, -0.05) is 0 Å². The Morgan fingerprint density at radius 2 is 2.08 bits per heavy atom. The van der Waals surface area contributed by atoms with Gasteiger partial charge in [-0.05, 0) is 43.0 Å². The van der Waals surface area contributed by atoms with Crippen molar-refractivity contribution in [1.29, 1.82) is 0 Å². The Hall–Kier alpha value is -2.19. The molecule has 1 aromatic heterocycles. The van der Waals surface area contributed by atoms with Crippen molar-refractivity contribution < 1.29 is 13.2 Å². The topological polar surface area (TPSA) is 84.3 Å². The highest BCUT2D eigenvalue weighted by Gasteiger charge is 2.30. The molecule has 2 aromatic rings. The van der Waals surface area contributed by atoms with E-state index < -0.39 is 10.0 Å². The molecule has 1 amide bonds. The molecule has 3 rings (SSSR count). The number of benzene rings is 1. The lowest BCUT2D eigenvalue weighted by atomic mass is 10.00. The zero-order valence-corrected chi connectivity index (χ0v) is 14.9. The first-order valence-corrected chi connectivity index (χ1v) is 9.73. The van der Waals surface area contributed by atoms with Gasteiger partial charge in [0.15, 0.2) is 0 Å². The van der Waals surface area contributed by atoms with Crippen molar-refractivity contribution in [3.63, 3.8) is 0 Å². The summed E-state index contributed by atoms with van der Waals surface area (Å²) in [7, 11) is -2.00. The molecular weight excluding hydrogens is 340 g/mol. The molecule has 2 heterocycles. The molecule has 1 aliphatic rings. The Labute approximate surface area is 147 Å². The van der Waals surface area contributed by atoms with E-state index in [9.17, 15) is 13.2 Å². The van der Waals surface area contributed by atoms with E-state index in [-0.39, 0.29) is 16.7 Å². The van der Waals surface area contributed by atoms with E-state index >= 15 is 0 Å². The van der Waals surface area contributed by atoms with Gasteiger partial charge in [-0.25, -0.2) is 13.4 Å². The van der Waals surface area contributed by atoms with Crippen LogP contribution in [-0.2, 0) is 16.6 Å². The van der Waals surface area contributed by atoms with Gasteiger partial charge in [0.25, 0.3) is 5.91 Å². The molecular formula is C17H22N4O3S. The first-order valence-electron chi connectivity index (χ1n) is 8.29. The number of sulfonamides is 1. The van der Waals surface area contributed by atoms with Gasteiger partial charge in [0.2, 0.25) is 10.0 Å². The number of aromatic nitrogens is 2. The zero-order chi connectivity index (χ0) is 17.9. The highest BCUT2D eigenvalue weighted by Crippen LogP contribution is 2.25. The number of piperidine rings is 1. The minimum absolute atomic E-state index is 0.225. The van der Waals surface area contributed by atoms with Gasteiger partial charge in [-0.2, -0.15) is 4.31 Å². The maximum absolute atomic E-state index is 12.9. The Morgan fingerprint density at radius 1 is 1.32 bits per heavy atom. The third-order valence-corrected chi connectivity index (χ3v) is 6.37. The summed E-state index contributed by atoms with van der Waals surface area (Å²) < 4.78 is 29.3. The van der Waals surface area contributed by atoms with Gasteiger partial charge in [-0.15, -0.1) is 0 Å². The molecule has 25 heavy (non-hydrogen) atoms. The molecule has 134 valence electrons. The molecule has 0 bridgehead atoms. The molecule has 1 aliphatic heterocycles. The maximum Gasteiger partial charge on any atom is 0.251 e. The molecule has 8 heteroatoms. The van der Waals surface area contributed by atoms with Crippen LogP contribution in [0.4, 0.5) is 0 Å². The highest BCUT2D eigenvalue weighted by molar-refractivity contribution is 7.89. The van der Waals surface area contributed by atoms with E-state index in [0.29, 0.717) is 18.7 Å². The Bertz CT molecular complexity index is 816. The monoisotopic (exact) mass is 362 g/mol. The standard InChI is InChI=1S/C17H22N4O3S/c1-18-17(22)15-4-6-16(7-5-15)25(23,24)21-9-2-3-14(12-21)11-20-10-8-19-13-20/h4-8,10,13-14H,2-3,9,11-12H2,1H3,(H,18,22). The lowest BCUT2D eigenvalue weighted by Gasteiger charge is -2.32. The fourth-order valence-corrected chi connectivity index (χ4v) is 4.71. The summed E-state index contributed by atoms with van der Waals surface area (Å²) in [4.78, 5) is 15.8. The number of rotatable bonds is 5. The van der Waals surface area contributed by atoms with Crippen molar-refractivity contribution in [2.45, 2.75) is 24.3 Å². The quantitative estimate of drug-likeness (QED) is 0.870. The van der Waals surface area contributed by atoms with E-state index in [0.717, 1.165) is 19.4 Å². The smallest absolute Gasteiger partial charge is 0.251 e. The largest absolute Gasteiger partial charge is 0.355 e. The third-order valence-electron chi connectivity index (χ3n) is 4.49. The van der Waals surface area contributed by atoms with Gasteiger partial charge in [0, 0.05) is 44.6 Å². The number of nitrogens with one attached hydrogen (secondary N) is 1. The minimum atomic E-state index is -3.55. The van der Waals surface area contributed by atoms with E-state index in [4.69, 9.17) is 0 Å². The average Bonchev–Trinajstić information content (AvgIpc) is 3.14. The van der Waals surface area contributed by atoms with Crippen LogP contribution in [0.2, 0.25) is 0 Å². The SMILES string of the molecule is CNC(=O)c1ccc(S(=O)(=O)N2CCCC(Cn3ccnc3)C2)cc1. The van der Waals surface area contributed by atoms with Crippen molar-refractivity contribution in [1.82, 2.24) is 19.2 Å². The Balaban J connectivity index is 1.73. The van der Waals surface area contributed by atoms with E-state index in [1.165, 1.54) is 12.1 Å². The number of carbonyl (C=O) groups is 1. The summed E-state index contributed by atoms with van der Waals surface area (Å²) in [5, 5.41) is 2.52. The van der Waals surface area contributed by atoms with Gasteiger partial charge in [-0.3, -0.25) is 4.79 Å². The van der Waals surface area contributed by atoms with Crippen molar-refractivity contribution in [2.75, 3.05) is 20.1 Å². The molecule has 1 aromatic carbocycles. The fraction of sp³-hybridized carbons (Fsp3) is 0.412. The molecule has 0 saturated carbocycles. The van der Waals surface area contributed by atoms with Gasteiger partial charge >= 0.3 is 0 Å². The predicted octanol–water partition coefficient (Wildman–Crippen LogP) is 1.34. The number of imidazole rings is 1. The minimum Gasteiger partial charge on any atom is -0.355 e. The van der Waals surface area contributed by atoms with Crippen LogP contribution in [0.25, 0.3) is 0 Å². The van der Waals surface area contributed by atoms with Crippen LogP contribution in [0.5, 0.6) is 0 Å². The number of carbonyl (C=O) groups excluding carboxylic acids is 1. The number of hydrogen-bond donors (Lipinski definition) is 1. The average molecular weight is 362 g/mol. The van der Waals surface area contributed by atoms with Crippen LogP contribution in [0, 0.1) is 5.92 Å². The molecule has 1 saturated heterocycles. The van der Waals surface area contributed by atoms with Crippen LogP contribution in [-0.4, -0.2) is 48.3 Å². The summed E-state index contributed by atoms with van der Waals surface area (Å²) in [5.74, 6) is 0.0326. The highest BCUT2D eigenvalue weighted by atomic mass is 32.2. The second-order valence-electron chi connectivity index (χ2n) is 6.23. The molecule has 0 aliphatic carbocycles. The summed E-state index contributed by atoms with van der Waals surface area (Å²) >= 11 is 0. The maximum atomic E-state index is 12.9. The Morgan fingerprint density at radius 3 is 2.72 bits per heavy atom. The molecule has 0 spiro atoms. The van der Waals surface area contributed by atoms with Crippen molar-refractivity contribution in [3.05, 3.63) is 48.5 Å². The van der Waals surface area contributed by atoms with Crippen LogP contribution >= 0.6 is 0 Å². The first kappa shape index (κ1) is 17.6. The molecule has 0 radical (unpaired) electrons. The lowest BCUT2D eigenvalue weighted by molar-refractivity contribution is 0.0963. The second-order valence-corrected chi connectivity index (χ2v) is 8.17. The molecule has 7 nitrogen and oxygen atoms in total. The molecule has 1 atom stereocenters. The van der Waals surface area contributed by atoms with E-state index in [2.05, 4.69) is 10.3 Å². The fourth-order valence-electron chi connectivity index (χ4n) is 3.16. The van der Waals surface area contributed by atoms with Crippen molar-refractivity contribution in [2.24, 2.45) is 5.92 Å². The summed E-state index contributed by atoms with van der Waals surface area (Å²) in [6.07, 6.45) is 7.22. The molecule has 1 unspecified atom stereocenters. The van der Waals surface area contributed by atoms with Crippen molar-refractivity contribution >= 4 is 15.9 Å². The van der Waals surface area contributed by atoms with E-state index in [1.807, 2.05) is 10.8 Å². The van der Waals surface area contributed by atoms with E-state index in [1.54, 1.807) is 36.0 Å². The number of hydrogen-bond acceptors (Lipinski definition) is 4. The van der Waals surface area contributed by atoms with Crippen LogP contribution in [0.1, 0.15) is 23.2 Å². The molecule has 1 N–H and O–H groups in total. The summed E-state index contributed by atoms with van der Waals surface area (Å²) in [6, 6.07) is 6.08. The lowest BCUT2D eigenvalue weighted by Crippen LogP contribution is -2.41. The first-order chi connectivity index (χ1) is 12.0. The van der Waals surface area contributed by atoms with Crippen LogP contribution < -0.4 is 5.32 Å². The second kappa shape index (κ2) is 7.37. The van der Waals surface area contributed by atoms with Gasteiger partial charge < -0.3 is 9.88 Å².